The summed E-state index contributed by atoms with van der Waals surface area (Å²) in [4.78, 5) is 2.46. The van der Waals surface area contributed by atoms with E-state index in [1.54, 1.807) is 0 Å². The average Bonchev–Trinajstić information content (AvgIpc) is 2.87. The van der Waals surface area contributed by atoms with E-state index in [0.717, 1.165) is 25.8 Å². The summed E-state index contributed by atoms with van der Waals surface area (Å²) < 4.78 is 6.53. The summed E-state index contributed by atoms with van der Waals surface area (Å²) in [7, 11) is 2.20. The SMILES string of the molecule is CN1CC[C@]23C4=C5CC=C(O)C4(CCCl)O[C@H]2[C@@H](O)C=C[C@H]3[C@H]1C5.Cl. The Morgan fingerprint density at radius 3 is 2.96 bits per heavy atom. The largest absolute Gasteiger partial charge is 0.509 e. The number of alkyl halides is 1. The quantitative estimate of drug-likeness (QED) is 0.566. The second-order valence-corrected chi connectivity index (χ2v) is 8.40. The predicted octanol–water partition coefficient (Wildman–Crippen LogP) is 2.96. The number of aliphatic hydroxyl groups excluding tert-OH is 2. The van der Waals surface area contributed by atoms with Crippen LogP contribution in [0.2, 0.25) is 0 Å². The number of hydrogen-bond donors (Lipinski definition) is 2. The zero-order valence-electron chi connectivity index (χ0n) is 14.3. The number of allylic oxidation sites excluding steroid dienone is 1. The van der Waals surface area contributed by atoms with Crippen LogP contribution in [0.5, 0.6) is 0 Å². The smallest absolute Gasteiger partial charge is 0.148 e. The normalized spacial score (nSPS) is 47.2. The first-order valence-corrected chi connectivity index (χ1v) is 9.51. The molecule has 2 N–H and O–H groups in total. The maximum absolute atomic E-state index is 10.8. The zero-order valence-corrected chi connectivity index (χ0v) is 15.9. The summed E-state index contributed by atoms with van der Waals surface area (Å²) in [6.07, 6.45) is 8.44. The minimum atomic E-state index is -0.813. The third-order valence-electron chi connectivity index (χ3n) is 7.20. The topological polar surface area (TPSA) is 52.9 Å². The van der Waals surface area contributed by atoms with Gasteiger partial charge in [-0.25, -0.2) is 0 Å². The van der Waals surface area contributed by atoms with Crippen molar-refractivity contribution in [1.29, 1.82) is 0 Å². The van der Waals surface area contributed by atoms with Crippen molar-refractivity contribution in [1.82, 2.24) is 4.90 Å². The first-order valence-electron chi connectivity index (χ1n) is 8.97. The minimum Gasteiger partial charge on any atom is -0.509 e. The zero-order chi connectivity index (χ0) is 16.7. The van der Waals surface area contributed by atoms with E-state index < -0.39 is 11.7 Å². The highest BCUT2D eigenvalue weighted by Gasteiger charge is 2.70. The monoisotopic (exact) mass is 385 g/mol. The van der Waals surface area contributed by atoms with Gasteiger partial charge in [-0.1, -0.05) is 17.7 Å². The van der Waals surface area contributed by atoms with Crippen molar-refractivity contribution in [2.24, 2.45) is 11.3 Å². The first kappa shape index (κ1) is 17.9. The van der Waals surface area contributed by atoms with E-state index in [1.165, 1.54) is 11.1 Å². The fourth-order valence-corrected chi connectivity index (χ4v) is 6.56. The number of ether oxygens (including phenoxy) is 1. The molecule has 4 nitrogen and oxygen atoms in total. The molecule has 2 bridgehead atoms. The summed E-state index contributed by atoms with van der Waals surface area (Å²) in [5, 5.41) is 21.5. The van der Waals surface area contributed by atoms with Crippen molar-refractivity contribution < 1.29 is 14.9 Å². The lowest BCUT2D eigenvalue weighted by molar-refractivity contribution is -0.119. The van der Waals surface area contributed by atoms with Gasteiger partial charge in [0.05, 0.1) is 12.2 Å². The van der Waals surface area contributed by atoms with Gasteiger partial charge in [0.1, 0.15) is 11.4 Å². The molecule has 6 heteroatoms. The van der Waals surface area contributed by atoms with Gasteiger partial charge in [0.15, 0.2) is 0 Å². The number of halogens is 2. The fourth-order valence-electron chi connectivity index (χ4n) is 6.30. The molecular formula is C19H25Cl2NO3. The predicted molar refractivity (Wildman–Crippen MR) is 99.3 cm³/mol. The number of rotatable bonds is 2. The summed E-state index contributed by atoms with van der Waals surface area (Å²) in [6.45, 7) is 1.000. The molecule has 0 amide bonds. The standard InChI is InChI=1S/C19H24ClNO3.ClH/c1-21-9-7-18-12-3-4-14(22)17(18)24-19(6-8-20)15(23)5-2-11(16(18)19)10-13(12)21;/h3-5,12-14,17,22-23H,2,6-10H2,1H3;1H/t12-,13+,14-,17-,18-,19?;/m0./s1. The highest BCUT2D eigenvalue weighted by atomic mass is 35.5. The Morgan fingerprint density at radius 1 is 1.40 bits per heavy atom. The molecule has 138 valence electrons. The maximum Gasteiger partial charge on any atom is 0.148 e. The molecule has 1 unspecified atom stereocenters. The van der Waals surface area contributed by atoms with E-state index in [9.17, 15) is 10.2 Å². The Hall–Kier alpha value is -0.520. The van der Waals surface area contributed by atoms with Crippen LogP contribution in [0.4, 0.5) is 0 Å². The Labute approximate surface area is 159 Å². The number of aliphatic hydroxyl groups is 2. The molecule has 1 spiro atoms. The highest BCUT2D eigenvalue weighted by Crippen LogP contribution is 2.68. The van der Waals surface area contributed by atoms with E-state index in [-0.39, 0.29) is 23.9 Å². The van der Waals surface area contributed by atoms with Crippen LogP contribution in [0, 0.1) is 11.3 Å². The molecule has 25 heavy (non-hydrogen) atoms. The van der Waals surface area contributed by atoms with Crippen LogP contribution in [0.3, 0.4) is 0 Å². The molecule has 6 atom stereocenters. The minimum absolute atomic E-state index is 0. The molecule has 0 aromatic carbocycles. The molecule has 5 rings (SSSR count). The van der Waals surface area contributed by atoms with Gasteiger partial charge in [0.2, 0.25) is 0 Å². The Kier molecular flexibility index (Phi) is 4.10. The number of nitrogens with zero attached hydrogens (tertiary/aromatic N) is 1. The highest BCUT2D eigenvalue weighted by molar-refractivity contribution is 6.18. The molecule has 0 aromatic heterocycles. The van der Waals surface area contributed by atoms with Gasteiger partial charge in [-0.15, -0.1) is 24.0 Å². The van der Waals surface area contributed by atoms with E-state index >= 15 is 0 Å². The summed E-state index contributed by atoms with van der Waals surface area (Å²) in [5.74, 6) is 1.06. The molecule has 5 aliphatic rings. The molecule has 0 aromatic rings. The summed E-state index contributed by atoms with van der Waals surface area (Å²) in [5.41, 5.74) is 1.66. The third-order valence-corrected chi connectivity index (χ3v) is 7.38. The number of hydrogen-bond acceptors (Lipinski definition) is 4. The van der Waals surface area contributed by atoms with Crippen molar-refractivity contribution >= 4 is 24.0 Å². The Balaban J connectivity index is 0.00000157. The molecule has 3 aliphatic carbocycles. The van der Waals surface area contributed by atoms with Gasteiger partial charge in [-0.3, -0.25) is 0 Å². The second kappa shape index (κ2) is 5.74. The lowest BCUT2D eigenvalue weighted by Crippen LogP contribution is -2.61. The van der Waals surface area contributed by atoms with E-state index in [4.69, 9.17) is 16.3 Å². The molecule has 2 aliphatic heterocycles. The molecule has 0 saturated carbocycles. The van der Waals surface area contributed by atoms with Crippen molar-refractivity contribution in [2.45, 2.75) is 49.5 Å². The fraction of sp³-hybridized carbons (Fsp3) is 0.684. The summed E-state index contributed by atoms with van der Waals surface area (Å²) in [6, 6.07) is 0.452. The van der Waals surface area contributed by atoms with Gasteiger partial charge in [-0.2, -0.15) is 0 Å². The Morgan fingerprint density at radius 2 is 2.20 bits per heavy atom. The molecule has 2 saturated heterocycles. The first-order chi connectivity index (χ1) is 11.5. The Bertz CT molecular complexity index is 690. The maximum atomic E-state index is 10.8. The third kappa shape index (κ3) is 1.95. The van der Waals surface area contributed by atoms with Crippen molar-refractivity contribution in [2.75, 3.05) is 19.5 Å². The van der Waals surface area contributed by atoms with Gasteiger partial charge in [0.25, 0.3) is 0 Å². The van der Waals surface area contributed by atoms with Crippen LogP contribution in [-0.4, -0.2) is 58.4 Å². The van der Waals surface area contributed by atoms with Crippen LogP contribution in [0.25, 0.3) is 0 Å². The van der Waals surface area contributed by atoms with Gasteiger partial charge >= 0.3 is 0 Å². The molecule has 2 heterocycles. The van der Waals surface area contributed by atoms with E-state index in [1.807, 2.05) is 12.2 Å². The number of piperidine rings is 1. The van der Waals surface area contributed by atoms with Crippen LogP contribution < -0.4 is 0 Å². The lowest BCUT2D eigenvalue weighted by atomic mass is 9.50. The van der Waals surface area contributed by atoms with Crippen molar-refractivity contribution in [3.63, 3.8) is 0 Å². The molecule has 0 radical (unpaired) electrons. The number of likely N-dealkylation sites (tertiary alicyclic amines) is 1. The lowest BCUT2D eigenvalue weighted by Gasteiger charge is -2.58. The van der Waals surface area contributed by atoms with Crippen LogP contribution in [0.1, 0.15) is 25.7 Å². The van der Waals surface area contributed by atoms with Crippen LogP contribution in [-0.2, 0) is 4.74 Å². The van der Waals surface area contributed by atoms with Gasteiger partial charge < -0.3 is 19.8 Å². The van der Waals surface area contributed by atoms with Crippen molar-refractivity contribution in [3.8, 4) is 0 Å². The van der Waals surface area contributed by atoms with E-state index in [0.29, 0.717) is 30.0 Å². The van der Waals surface area contributed by atoms with Gasteiger partial charge in [0, 0.05) is 29.7 Å². The average molecular weight is 386 g/mol. The molecule has 2 fully saturated rings. The van der Waals surface area contributed by atoms with Crippen molar-refractivity contribution in [3.05, 3.63) is 35.1 Å². The van der Waals surface area contributed by atoms with Crippen LogP contribution in [0.15, 0.2) is 35.1 Å². The molecular weight excluding hydrogens is 361 g/mol. The van der Waals surface area contributed by atoms with Crippen LogP contribution >= 0.6 is 24.0 Å². The second-order valence-electron chi connectivity index (χ2n) is 8.02. The summed E-state index contributed by atoms with van der Waals surface area (Å²) >= 11 is 6.12. The van der Waals surface area contributed by atoms with E-state index in [2.05, 4.69) is 18.0 Å². The van der Waals surface area contributed by atoms with Gasteiger partial charge in [-0.05, 0) is 44.5 Å².